The van der Waals surface area contributed by atoms with Crippen LogP contribution in [0.1, 0.15) is 31.7 Å². The summed E-state index contributed by atoms with van der Waals surface area (Å²) in [5.41, 5.74) is 2.18. The van der Waals surface area contributed by atoms with E-state index in [0.717, 1.165) is 12.1 Å². The first-order valence-electron chi connectivity index (χ1n) is 4.59. The maximum atomic E-state index is 4.31. The molecule has 0 bridgehead atoms. The van der Waals surface area contributed by atoms with Gasteiger partial charge in [-0.1, -0.05) is 13.8 Å². The molecule has 0 aliphatic carbocycles. The Morgan fingerprint density at radius 2 is 2.31 bits per heavy atom. The van der Waals surface area contributed by atoms with Crippen LogP contribution in [0.4, 0.5) is 0 Å². The van der Waals surface area contributed by atoms with Gasteiger partial charge in [-0.25, -0.2) is 9.97 Å². The van der Waals surface area contributed by atoms with E-state index in [2.05, 4.69) is 30.0 Å². The van der Waals surface area contributed by atoms with Crippen molar-refractivity contribution in [3.8, 4) is 0 Å². The summed E-state index contributed by atoms with van der Waals surface area (Å²) in [7, 11) is 0. The monoisotopic (exact) mass is 175 g/mol. The third-order valence-electron chi connectivity index (χ3n) is 2.46. The van der Waals surface area contributed by atoms with Crippen molar-refractivity contribution in [2.24, 2.45) is 0 Å². The van der Waals surface area contributed by atoms with E-state index in [1.165, 1.54) is 5.56 Å². The number of fused-ring (bicyclic) bond motifs is 1. The molecule has 2 aromatic heterocycles. The molecular formula is C10H13N3. The zero-order chi connectivity index (χ0) is 9.26. The van der Waals surface area contributed by atoms with Gasteiger partial charge in [-0.15, -0.1) is 0 Å². The first-order chi connectivity index (χ1) is 6.31. The molecule has 0 amide bonds. The first-order valence-corrected chi connectivity index (χ1v) is 4.59. The predicted molar refractivity (Wildman–Crippen MR) is 51.7 cm³/mol. The van der Waals surface area contributed by atoms with Crippen molar-refractivity contribution in [2.75, 3.05) is 0 Å². The number of nitrogens with zero attached hydrogens (tertiary/aromatic N) is 3. The van der Waals surface area contributed by atoms with Crippen molar-refractivity contribution in [3.63, 3.8) is 0 Å². The quantitative estimate of drug-likeness (QED) is 0.700. The summed E-state index contributed by atoms with van der Waals surface area (Å²) in [5.74, 6) is 0.569. The molecule has 0 aromatic carbocycles. The highest BCUT2D eigenvalue weighted by Gasteiger charge is 2.04. The van der Waals surface area contributed by atoms with Crippen molar-refractivity contribution >= 4 is 5.65 Å². The lowest BCUT2D eigenvalue weighted by molar-refractivity contribution is 0.723. The average molecular weight is 175 g/mol. The number of imidazole rings is 1. The highest BCUT2D eigenvalue weighted by molar-refractivity contribution is 5.35. The lowest BCUT2D eigenvalue weighted by Crippen LogP contribution is -1.96. The third kappa shape index (κ3) is 1.41. The standard InChI is InChI=1S/C10H13N3/c1-3-8(2)9-4-12-10-5-11-7-13(10)6-9/h4-8H,3H2,1-2H3. The summed E-state index contributed by atoms with van der Waals surface area (Å²) in [5, 5.41) is 0. The van der Waals surface area contributed by atoms with Gasteiger partial charge >= 0.3 is 0 Å². The van der Waals surface area contributed by atoms with Crippen LogP contribution in [0.2, 0.25) is 0 Å². The van der Waals surface area contributed by atoms with Crippen LogP contribution in [0.15, 0.2) is 24.9 Å². The maximum absolute atomic E-state index is 4.31. The molecule has 13 heavy (non-hydrogen) atoms. The summed E-state index contributed by atoms with van der Waals surface area (Å²) in [6, 6.07) is 0. The van der Waals surface area contributed by atoms with Crippen LogP contribution in [0, 0.1) is 0 Å². The predicted octanol–water partition coefficient (Wildman–Crippen LogP) is 2.24. The van der Waals surface area contributed by atoms with Gasteiger partial charge in [-0.3, -0.25) is 4.40 Å². The minimum Gasteiger partial charge on any atom is -0.290 e. The Hall–Kier alpha value is -1.38. The molecule has 1 unspecified atom stereocenters. The Morgan fingerprint density at radius 1 is 1.46 bits per heavy atom. The second-order valence-electron chi connectivity index (χ2n) is 3.36. The van der Waals surface area contributed by atoms with Crippen molar-refractivity contribution in [2.45, 2.75) is 26.2 Å². The molecule has 0 N–H and O–H groups in total. The number of hydrogen-bond donors (Lipinski definition) is 0. The smallest absolute Gasteiger partial charge is 0.156 e. The highest BCUT2D eigenvalue weighted by Crippen LogP contribution is 2.17. The minimum absolute atomic E-state index is 0.569. The van der Waals surface area contributed by atoms with Crippen molar-refractivity contribution in [1.29, 1.82) is 0 Å². The average Bonchev–Trinajstić information content (AvgIpc) is 2.63. The van der Waals surface area contributed by atoms with Crippen molar-refractivity contribution < 1.29 is 0 Å². The number of hydrogen-bond acceptors (Lipinski definition) is 2. The zero-order valence-electron chi connectivity index (χ0n) is 7.94. The molecule has 1 atom stereocenters. The van der Waals surface area contributed by atoms with E-state index < -0.39 is 0 Å². The van der Waals surface area contributed by atoms with Gasteiger partial charge in [0.1, 0.15) is 6.33 Å². The molecule has 0 radical (unpaired) electrons. The largest absolute Gasteiger partial charge is 0.290 e. The normalized spacial score (nSPS) is 13.4. The molecule has 0 saturated heterocycles. The molecular weight excluding hydrogens is 162 g/mol. The van der Waals surface area contributed by atoms with Crippen molar-refractivity contribution in [3.05, 3.63) is 30.5 Å². The van der Waals surface area contributed by atoms with Gasteiger partial charge in [-0.05, 0) is 17.9 Å². The summed E-state index contributed by atoms with van der Waals surface area (Å²) >= 11 is 0. The lowest BCUT2D eigenvalue weighted by Gasteiger charge is -2.07. The molecule has 0 fully saturated rings. The Morgan fingerprint density at radius 3 is 3.08 bits per heavy atom. The van der Waals surface area contributed by atoms with E-state index in [-0.39, 0.29) is 0 Å². The fourth-order valence-corrected chi connectivity index (χ4v) is 1.32. The molecule has 3 nitrogen and oxygen atoms in total. The second kappa shape index (κ2) is 3.17. The van der Waals surface area contributed by atoms with Gasteiger partial charge in [0.05, 0.1) is 6.20 Å². The molecule has 3 heteroatoms. The summed E-state index contributed by atoms with van der Waals surface area (Å²) in [6.45, 7) is 4.39. The summed E-state index contributed by atoms with van der Waals surface area (Å²) < 4.78 is 1.96. The number of aromatic nitrogens is 3. The van der Waals surface area contributed by atoms with Gasteiger partial charge in [0.25, 0.3) is 0 Å². The fraction of sp³-hybridized carbons (Fsp3) is 0.400. The highest BCUT2D eigenvalue weighted by atomic mass is 15.0. The molecule has 0 saturated carbocycles. The Balaban J connectivity index is 2.48. The number of rotatable bonds is 2. The van der Waals surface area contributed by atoms with Gasteiger partial charge in [-0.2, -0.15) is 0 Å². The van der Waals surface area contributed by atoms with Gasteiger partial charge in [0, 0.05) is 12.4 Å². The van der Waals surface area contributed by atoms with E-state index in [1.807, 2.05) is 10.6 Å². The van der Waals surface area contributed by atoms with Gasteiger partial charge in [0.15, 0.2) is 5.65 Å². The molecule has 0 aliphatic heterocycles. The van der Waals surface area contributed by atoms with E-state index in [0.29, 0.717) is 5.92 Å². The Kier molecular flexibility index (Phi) is 2.00. The van der Waals surface area contributed by atoms with Crippen LogP contribution in [0.5, 0.6) is 0 Å². The third-order valence-corrected chi connectivity index (χ3v) is 2.46. The van der Waals surface area contributed by atoms with E-state index in [9.17, 15) is 0 Å². The Bertz CT molecular complexity index is 405. The van der Waals surface area contributed by atoms with Crippen LogP contribution in [0.3, 0.4) is 0 Å². The fourth-order valence-electron chi connectivity index (χ4n) is 1.32. The van der Waals surface area contributed by atoms with Gasteiger partial charge < -0.3 is 0 Å². The molecule has 2 rings (SSSR count). The molecule has 0 spiro atoms. The lowest BCUT2D eigenvalue weighted by atomic mass is 10.0. The summed E-state index contributed by atoms with van der Waals surface area (Å²) in [6.07, 6.45) is 8.73. The molecule has 68 valence electrons. The maximum Gasteiger partial charge on any atom is 0.156 e. The Labute approximate surface area is 77.4 Å². The molecule has 2 aromatic rings. The van der Waals surface area contributed by atoms with E-state index in [4.69, 9.17) is 0 Å². The molecule has 0 aliphatic rings. The van der Waals surface area contributed by atoms with Crippen molar-refractivity contribution in [1.82, 2.24) is 14.4 Å². The summed E-state index contributed by atoms with van der Waals surface area (Å²) in [4.78, 5) is 8.34. The van der Waals surface area contributed by atoms with Crippen LogP contribution in [-0.2, 0) is 0 Å². The minimum atomic E-state index is 0.569. The zero-order valence-corrected chi connectivity index (χ0v) is 7.94. The SMILES string of the molecule is CCC(C)c1cnc2cncn2c1. The van der Waals surface area contributed by atoms with Crippen LogP contribution in [0.25, 0.3) is 5.65 Å². The topological polar surface area (TPSA) is 30.2 Å². The molecule has 2 heterocycles. The second-order valence-corrected chi connectivity index (χ2v) is 3.36. The van der Waals surface area contributed by atoms with Crippen LogP contribution < -0.4 is 0 Å². The van der Waals surface area contributed by atoms with Gasteiger partial charge in [0.2, 0.25) is 0 Å². The van der Waals surface area contributed by atoms with E-state index >= 15 is 0 Å². The van der Waals surface area contributed by atoms with E-state index in [1.54, 1.807) is 12.5 Å². The van der Waals surface area contributed by atoms with Crippen LogP contribution in [-0.4, -0.2) is 14.4 Å². The van der Waals surface area contributed by atoms with Crippen LogP contribution >= 0.6 is 0 Å². The first kappa shape index (κ1) is 8.23.